The number of carbonyl (C=O) groups is 2. The number of nitrogens with one attached hydrogen (secondary N) is 1. The zero-order chi connectivity index (χ0) is 21.1. The van der Waals surface area contributed by atoms with Gasteiger partial charge in [0.15, 0.2) is 0 Å². The van der Waals surface area contributed by atoms with Crippen molar-refractivity contribution in [1.82, 2.24) is 0 Å². The summed E-state index contributed by atoms with van der Waals surface area (Å²) in [7, 11) is 1.40. The maximum atomic E-state index is 12.7. The number of carbonyl (C=O) groups excluding carboxylic acids is 2. The van der Waals surface area contributed by atoms with Crippen molar-refractivity contribution >= 4 is 34.6 Å². The fraction of sp³-hybridized carbons (Fsp3) is 0.250. The third-order valence-corrected chi connectivity index (χ3v) is 4.53. The molecule has 0 atom stereocenters. The Labute approximate surface area is 167 Å². The Morgan fingerprint density at radius 3 is 2.66 bits per heavy atom. The van der Waals surface area contributed by atoms with E-state index in [2.05, 4.69) is 10.4 Å². The highest BCUT2D eigenvalue weighted by Crippen LogP contribution is 2.30. The van der Waals surface area contributed by atoms with Crippen LogP contribution in [0.25, 0.3) is 0 Å². The number of non-ortho nitro benzene ring substituents is 1. The topological polar surface area (TPSA) is 114 Å². The van der Waals surface area contributed by atoms with Crippen molar-refractivity contribution in [2.45, 2.75) is 26.7 Å². The van der Waals surface area contributed by atoms with E-state index < -0.39 is 10.8 Å². The lowest BCUT2D eigenvalue weighted by Crippen LogP contribution is -2.36. The number of hydrogen-bond acceptors (Lipinski definition) is 6. The van der Waals surface area contributed by atoms with Gasteiger partial charge in [-0.2, -0.15) is 5.10 Å². The Kier molecular flexibility index (Phi) is 5.58. The lowest BCUT2D eigenvalue weighted by Gasteiger charge is -2.25. The zero-order valence-electron chi connectivity index (χ0n) is 16.3. The van der Waals surface area contributed by atoms with E-state index in [0.29, 0.717) is 5.69 Å². The van der Waals surface area contributed by atoms with Gasteiger partial charge in [-0.25, -0.2) is 5.01 Å². The number of hydrogen-bond donors (Lipinski definition) is 1. The molecule has 1 N–H and O–H groups in total. The normalized spacial score (nSPS) is 13.7. The summed E-state index contributed by atoms with van der Waals surface area (Å²) in [4.78, 5) is 35.6. The molecule has 0 aliphatic carbocycles. The van der Waals surface area contributed by atoms with Crippen LogP contribution in [0.15, 0.2) is 41.5 Å². The largest absolute Gasteiger partial charge is 0.495 e. The minimum Gasteiger partial charge on any atom is -0.495 e. The average Bonchev–Trinajstić information content (AvgIpc) is 2.70. The summed E-state index contributed by atoms with van der Waals surface area (Å²) in [6, 6.07) is 9.56. The van der Waals surface area contributed by atoms with Crippen molar-refractivity contribution in [3.63, 3.8) is 0 Å². The number of hydrazone groups is 1. The highest BCUT2D eigenvalue weighted by atomic mass is 16.6. The second-order valence-electron chi connectivity index (χ2n) is 6.64. The molecule has 9 heteroatoms. The van der Waals surface area contributed by atoms with Gasteiger partial charge in [0.25, 0.3) is 11.6 Å². The summed E-state index contributed by atoms with van der Waals surface area (Å²) >= 11 is 0. The van der Waals surface area contributed by atoms with E-state index in [9.17, 15) is 19.7 Å². The van der Waals surface area contributed by atoms with Gasteiger partial charge in [0.1, 0.15) is 11.5 Å². The first-order chi connectivity index (χ1) is 13.8. The van der Waals surface area contributed by atoms with E-state index in [-0.39, 0.29) is 41.6 Å². The van der Waals surface area contributed by atoms with Crippen LogP contribution in [0.5, 0.6) is 5.75 Å². The number of ether oxygens (including phenoxy) is 1. The second-order valence-corrected chi connectivity index (χ2v) is 6.64. The minimum atomic E-state index is -0.561. The SMILES string of the molecule is COc1ccc([N+](=O)[O-])cc1NC(=O)C1=NN(c2cc(C)ccc2C)C(=O)CC1. The fourth-order valence-corrected chi connectivity index (χ4v) is 2.95. The number of aryl methyl sites for hydroxylation is 2. The molecule has 0 saturated carbocycles. The number of nitro benzene ring substituents is 1. The van der Waals surface area contributed by atoms with E-state index in [1.54, 1.807) is 0 Å². The first-order valence-corrected chi connectivity index (χ1v) is 8.91. The standard InChI is InChI=1S/C20H20N4O5/c1-12-4-5-13(2)17(10-12)23-19(25)9-7-15(22-23)20(26)21-16-11-14(24(27)28)6-8-18(16)29-3/h4-6,8,10-11H,7,9H2,1-3H3,(H,21,26). The number of methoxy groups -OCH3 is 1. The minimum absolute atomic E-state index is 0.131. The Bertz CT molecular complexity index is 1030. The molecular formula is C20H20N4O5. The van der Waals surface area contributed by atoms with Gasteiger partial charge < -0.3 is 10.1 Å². The smallest absolute Gasteiger partial charge is 0.272 e. The number of nitrogens with zero attached hydrogens (tertiary/aromatic N) is 3. The molecule has 0 aromatic heterocycles. The van der Waals surface area contributed by atoms with Crippen LogP contribution in [0.2, 0.25) is 0 Å². The van der Waals surface area contributed by atoms with Crippen LogP contribution in [-0.2, 0) is 9.59 Å². The molecule has 1 heterocycles. The first-order valence-electron chi connectivity index (χ1n) is 8.91. The van der Waals surface area contributed by atoms with Crippen LogP contribution < -0.4 is 15.1 Å². The Balaban J connectivity index is 1.91. The van der Waals surface area contributed by atoms with E-state index in [4.69, 9.17) is 4.74 Å². The summed E-state index contributed by atoms with van der Waals surface area (Å²) < 4.78 is 5.16. The van der Waals surface area contributed by atoms with Crippen molar-refractivity contribution in [2.75, 3.05) is 17.4 Å². The third-order valence-electron chi connectivity index (χ3n) is 4.53. The first kappa shape index (κ1) is 20.0. The average molecular weight is 396 g/mol. The van der Waals surface area contributed by atoms with E-state index in [1.807, 2.05) is 32.0 Å². The molecule has 0 bridgehead atoms. The number of anilines is 2. The second kappa shape index (κ2) is 8.09. The van der Waals surface area contributed by atoms with Gasteiger partial charge >= 0.3 is 0 Å². The molecular weight excluding hydrogens is 376 g/mol. The summed E-state index contributed by atoms with van der Waals surface area (Å²) in [6.07, 6.45) is 0.301. The molecule has 2 amide bonds. The van der Waals surface area contributed by atoms with Crippen molar-refractivity contribution in [2.24, 2.45) is 5.10 Å². The molecule has 2 aromatic rings. The Morgan fingerprint density at radius 2 is 1.97 bits per heavy atom. The van der Waals surface area contributed by atoms with Crippen LogP contribution in [0.3, 0.4) is 0 Å². The van der Waals surface area contributed by atoms with Gasteiger partial charge in [-0.05, 0) is 37.1 Å². The molecule has 0 fully saturated rings. The molecule has 1 aliphatic rings. The van der Waals surface area contributed by atoms with Crippen LogP contribution in [0.4, 0.5) is 17.1 Å². The predicted molar refractivity (Wildman–Crippen MR) is 108 cm³/mol. The number of nitro groups is 1. The lowest BCUT2D eigenvalue weighted by molar-refractivity contribution is -0.384. The molecule has 150 valence electrons. The summed E-state index contributed by atoms with van der Waals surface area (Å²) in [6.45, 7) is 3.77. The Hall–Kier alpha value is -3.75. The zero-order valence-corrected chi connectivity index (χ0v) is 16.3. The van der Waals surface area contributed by atoms with E-state index in [1.165, 1.54) is 30.3 Å². The van der Waals surface area contributed by atoms with Crippen LogP contribution >= 0.6 is 0 Å². The molecule has 3 rings (SSSR count). The van der Waals surface area contributed by atoms with Crippen molar-refractivity contribution in [3.05, 3.63) is 57.6 Å². The van der Waals surface area contributed by atoms with Crippen molar-refractivity contribution in [1.29, 1.82) is 0 Å². The summed E-state index contributed by atoms with van der Waals surface area (Å²) in [5.74, 6) is -0.474. The molecule has 0 spiro atoms. The maximum absolute atomic E-state index is 12.7. The molecule has 29 heavy (non-hydrogen) atoms. The van der Waals surface area contributed by atoms with E-state index in [0.717, 1.165) is 11.1 Å². The predicted octanol–water partition coefficient (Wildman–Crippen LogP) is 3.34. The van der Waals surface area contributed by atoms with Crippen LogP contribution in [0.1, 0.15) is 24.0 Å². The molecule has 0 saturated heterocycles. The maximum Gasteiger partial charge on any atom is 0.272 e. The van der Waals surface area contributed by atoms with Gasteiger partial charge in [-0.1, -0.05) is 12.1 Å². The highest BCUT2D eigenvalue weighted by molar-refractivity contribution is 6.44. The third kappa shape index (κ3) is 4.23. The Morgan fingerprint density at radius 1 is 1.21 bits per heavy atom. The lowest BCUT2D eigenvalue weighted by atomic mass is 10.1. The molecule has 1 aliphatic heterocycles. The van der Waals surface area contributed by atoms with Crippen molar-refractivity contribution < 1.29 is 19.2 Å². The molecule has 9 nitrogen and oxygen atoms in total. The van der Waals surface area contributed by atoms with Gasteiger partial charge in [0.2, 0.25) is 5.91 Å². The number of amides is 2. The molecule has 2 aromatic carbocycles. The molecule has 0 unspecified atom stereocenters. The number of benzene rings is 2. The fourth-order valence-electron chi connectivity index (χ4n) is 2.95. The van der Waals surface area contributed by atoms with Gasteiger partial charge in [0.05, 0.1) is 23.4 Å². The van der Waals surface area contributed by atoms with Crippen LogP contribution in [-0.4, -0.2) is 29.6 Å². The van der Waals surface area contributed by atoms with Gasteiger partial charge in [-0.3, -0.25) is 19.7 Å². The summed E-state index contributed by atoms with van der Waals surface area (Å²) in [5, 5.41) is 19.1. The van der Waals surface area contributed by atoms with E-state index >= 15 is 0 Å². The molecule has 0 radical (unpaired) electrons. The monoisotopic (exact) mass is 396 g/mol. The number of rotatable bonds is 5. The van der Waals surface area contributed by atoms with Gasteiger partial charge in [-0.15, -0.1) is 0 Å². The quantitative estimate of drug-likeness (QED) is 0.615. The van der Waals surface area contributed by atoms with Gasteiger partial charge in [0, 0.05) is 25.0 Å². The summed E-state index contributed by atoms with van der Waals surface area (Å²) in [5.41, 5.74) is 2.57. The van der Waals surface area contributed by atoms with Crippen molar-refractivity contribution in [3.8, 4) is 5.75 Å². The highest BCUT2D eigenvalue weighted by Gasteiger charge is 2.27. The van der Waals surface area contributed by atoms with Crippen LogP contribution in [0, 0.1) is 24.0 Å².